The van der Waals surface area contributed by atoms with E-state index in [-0.39, 0.29) is 34.8 Å². The molecule has 118 valence electrons. The molecule has 0 spiro atoms. The van der Waals surface area contributed by atoms with Gasteiger partial charge in [-0.05, 0) is 32.4 Å². The molecule has 0 bridgehead atoms. The van der Waals surface area contributed by atoms with Gasteiger partial charge in [-0.2, -0.15) is 4.31 Å². The van der Waals surface area contributed by atoms with Gasteiger partial charge in [-0.1, -0.05) is 6.92 Å². The summed E-state index contributed by atoms with van der Waals surface area (Å²) in [4.78, 5) is -0.0625. The molecule has 1 fully saturated rings. The van der Waals surface area contributed by atoms with Gasteiger partial charge >= 0.3 is 0 Å². The van der Waals surface area contributed by atoms with Crippen molar-refractivity contribution >= 4 is 15.7 Å². The molecule has 2 atom stereocenters. The van der Waals surface area contributed by atoms with Gasteiger partial charge in [0.15, 0.2) is 0 Å². The molecule has 2 rings (SSSR count). The summed E-state index contributed by atoms with van der Waals surface area (Å²) in [5.41, 5.74) is 5.80. The predicted molar refractivity (Wildman–Crippen MR) is 78.9 cm³/mol. The second-order valence-electron chi connectivity index (χ2n) is 5.41. The van der Waals surface area contributed by atoms with Gasteiger partial charge in [0.25, 0.3) is 0 Å². The molecule has 1 aliphatic rings. The molecule has 0 aromatic heterocycles. The lowest BCUT2D eigenvalue weighted by molar-refractivity contribution is -0.0230. The SMILES string of the molecule is CCC1COC(C)CN1S(=O)(=O)c1cc(N)cc(F)c1C. The quantitative estimate of drug-likeness (QED) is 0.865. The van der Waals surface area contributed by atoms with E-state index in [2.05, 4.69) is 0 Å². The maximum absolute atomic E-state index is 13.8. The van der Waals surface area contributed by atoms with Gasteiger partial charge in [0.05, 0.1) is 17.6 Å². The number of morpholine rings is 1. The first-order valence-electron chi connectivity index (χ1n) is 6.96. The van der Waals surface area contributed by atoms with Crippen molar-refractivity contribution in [2.75, 3.05) is 18.9 Å². The van der Waals surface area contributed by atoms with E-state index in [0.717, 1.165) is 6.07 Å². The second kappa shape index (κ2) is 5.90. The summed E-state index contributed by atoms with van der Waals surface area (Å²) in [7, 11) is -3.80. The van der Waals surface area contributed by atoms with Crippen LogP contribution in [-0.4, -0.2) is 38.0 Å². The second-order valence-corrected chi connectivity index (χ2v) is 7.27. The fourth-order valence-electron chi connectivity index (χ4n) is 2.50. The summed E-state index contributed by atoms with van der Waals surface area (Å²) >= 11 is 0. The Morgan fingerprint density at radius 2 is 2.14 bits per heavy atom. The van der Waals surface area contributed by atoms with Crippen molar-refractivity contribution in [1.29, 1.82) is 0 Å². The van der Waals surface area contributed by atoms with E-state index in [1.54, 1.807) is 0 Å². The van der Waals surface area contributed by atoms with Gasteiger partial charge in [-0.3, -0.25) is 0 Å². The minimum Gasteiger partial charge on any atom is -0.399 e. The standard InChI is InChI=1S/C14H21FN2O3S/c1-4-12-8-20-9(2)7-17(12)21(18,19)14-6-11(16)5-13(15)10(14)3/h5-6,9,12H,4,7-8,16H2,1-3H3. The van der Waals surface area contributed by atoms with Gasteiger partial charge < -0.3 is 10.5 Å². The van der Waals surface area contributed by atoms with Gasteiger partial charge in [-0.15, -0.1) is 0 Å². The number of sulfonamides is 1. The van der Waals surface area contributed by atoms with Crippen molar-refractivity contribution in [3.05, 3.63) is 23.5 Å². The Balaban J connectivity index is 2.50. The smallest absolute Gasteiger partial charge is 0.243 e. The van der Waals surface area contributed by atoms with Crippen LogP contribution < -0.4 is 5.73 Å². The van der Waals surface area contributed by atoms with E-state index < -0.39 is 15.8 Å². The number of anilines is 1. The lowest BCUT2D eigenvalue weighted by Gasteiger charge is -2.37. The van der Waals surface area contributed by atoms with Crippen LogP contribution in [0.3, 0.4) is 0 Å². The van der Waals surface area contributed by atoms with Crippen LogP contribution in [0.15, 0.2) is 17.0 Å². The number of nitrogens with two attached hydrogens (primary N) is 1. The third-order valence-electron chi connectivity index (χ3n) is 3.79. The van der Waals surface area contributed by atoms with E-state index in [9.17, 15) is 12.8 Å². The highest BCUT2D eigenvalue weighted by Crippen LogP contribution is 2.28. The molecule has 0 aliphatic carbocycles. The summed E-state index contributed by atoms with van der Waals surface area (Å²) in [5.74, 6) is -0.608. The van der Waals surface area contributed by atoms with Crippen LogP contribution in [0.25, 0.3) is 0 Å². The molecule has 0 amide bonds. The van der Waals surface area contributed by atoms with Crippen LogP contribution in [0.2, 0.25) is 0 Å². The van der Waals surface area contributed by atoms with Gasteiger partial charge in [0.1, 0.15) is 5.82 Å². The Hall–Kier alpha value is -1.18. The third-order valence-corrected chi connectivity index (χ3v) is 5.84. The number of nitrogens with zero attached hydrogens (tertiary/aromatic N) is 1. The minimum absolute atomic E-state index is 0.0625. The molecular formula is C14H21FN2O3S. The molecule has 1 aromatic carbocycles. The van der Waals surface area contributed by atoms with E-state index >= 15 is 0 Å². The summed E-state index contributed by atoms with van der Waals surface area (Å²) in [6.07, 6.45) is 0.448. The van der Waals surface area contributed by atoms with Crippen LogP contribution in [0.5, 0.6) is 0 Å². The Kier molecular flexibility index (Phi) is 4.55. The number of hydrogen-bond donors (Lipinski definition) is 1. The summed E-state index contributed by atoms with van der Waals surface area (Å²) in [5, 5.41) is 0. The lowest BCUT2D eigenvalue weighted by atomic mass is 10.2. The van der Waals surface area contributed by atoms with E-state index in [4.69, 9.17) is 10.5 Å². The zero-order chi connectivity index (χ0) is 15.8. The molecule has 1 aliphatic heterocycles. The molecule has 5 nitrogen and oxygen atoms in total. The minimum atomic E-state index is -3.80. The largest absolute Gasteiger partial charge is 0.399 e. The number of halogens is 1. The average molecular weight is 316 g/mol. The monoisotopic (exact) mass is 316 g/mol. The summed E-state index contributed by atoms with van der Waals surface area (Å²) in [6.45, 7) is 5.78. The zero-order valence-electron chi connectivity index (χ0n) is 12.5. The van der Waals surface area contributed by atoms with Crippen molar-refractivity contribution < 1.29 is 17.5 Å². The van der Waals surface area contributed by atoms with Crippen molar-refractivity contribution in [2.45, 2.75) is 44.2 Å². The molecule has 7 heteroatoms. The summed E-state index contributed by atoms with van der Waals surface area (Å²) < 4.78 is 46.5. The number of nitrogen functional groups attached to an aromatic ring is 1. The molecule has 2 N–H and O–H groups in total. The first kappa shape index (κ1) is 16.2. The van der Waals surface area contributed by atoms with Crippen LogP contribution >= 0.6 is 0 Å². The van der Waals surface area contributed by atoms with E-state index in [0.29, 0.717) is 13.0 Å². The van der Waals surface area contributed by atoms with Crippen molar-refractivity contribution in [1.82, 2.24) is 4.31 Å². The number of benzene rings is 1. The molecule has 1 heterocycles. The maximum atomic E-state index is 13.8. The highest BCUT2D eigenvalue weighted by atomic mass is 32.2. The van der Waals surface area contributed by atoms with Crippen LogP contribution in [0.4, 0.5) is 10.1 Å². The van der Waals surface area contributed by atoms with Crippen LogP contribution in [-0.2, 0) is 14.8 Å². The summed E-state index contributed by atoms with van der Waals surface area (Å²) in [6, 6.07) is 2.21. The Morgan fingerprint density at radius 3 is 2.76 bits per heavy atom. The number of rotatable bonds is 3. The highest BCUT2D eigenvalue weighted by molar-refractivity contribution is 7.89. The maximum Gasteiger partial charge on any atom is 0.243 e. The van der Waals surface area contributed by atoms with Crippen molar-refractivity contribution in [3.63, 3.8) is 0 Å². The third kappa shape index (κ3) is 3.04. The topological polar surface area (TPSA) is 72.6 Å². The normalized spacial score (nSPS) is 24.2. The fraction of sp³-hybridized carbons (Fsp3) is 0.571. The molecule has 2 unspecified atom stereocenters. The molecule has 1 saturated heterocycles. The first-order valence-corrected chi connectivity index (χ1v) is 8.40. The van der Waals surface area contributed by atoms with Gasteiger partial charge in [0.2, 0.25) is 10.0 Å². The average Bonchev–Trinajstić information content (AvgIpc) is 2.42. The Morgan fingerprint density at radius 1 is 1.48 bits per heavy atom. The van der Waals surface area contributed by atoms with Gasteiger partial charge in [0, 0.05) is 23.8 Å². The molecule has 0 saturated carbocycles. The molecule has 0 radical (unpaired) electrons. The zero-order valence-corrected chi connectivity index (χ0v) is 13.3. The number of hydrogen-bond acceptors (Lipinski definition) is 4. The molecule has 21 heavy (non-hydrogen) atoms. The predicted octanol–water partition coefficient (Wildman–Crippen LogP) is 1.90. The van der Waals surface area contributed by atoms with Crippen LogP contribution in [0.1, 0.15) is 25.8 Å². The Bertz CT molecular complexity index is 633. The highest BCUT2D eigenvalue weighted by Gasteiger charge is 2.36. The van der Waals surface area contributed by atoms with Crippen LogP contribution in [0, 0.1) is 12.7 Å². The fourth-order valence-corrected chi connectivity index (χ4v) is 4.53. The van der Waals surface area contributed by atoms with Crippen molar-refractivity contribution in [2.24, 2.45) is 0 Å². The molecule has 1 aromatic rings. The first-order chi connectivity index (χ1) is 9.77. The van der Waals surface area contributed by atoms with E-state index in [1.165, 1.54) is 17.3 Å². The Labute approximate surface area is 124 Å². The molecular weight excluding hydrogens is 295 g/mol. The van der Waals surface area contributed by atoms with Gasteiger partial charge in [-0.25, -0.2) is 12.8 Å². The van der Waals surface area contributed by atoms with E-state index in [1.807, 2.05) is 13.8 Å². The lowest BCUT2D eigenvalue weighted by Crippen LogP contribution is -2.51. The number of ether oxygens (including phenoxy) is 1. The van der Waals surface area contributed by atoms with Crippen molar-refractivity contribution in [3.8, 4) is 0 Å².